The smallest absolute Gasteiger partial charge is 0.317 e. The van der Waals surface area contributed by atoms with Gasteiger partial charge in [0.15, 0.2) is 0 Å². The van der Waals surface area contributed by atoms with Gasteiger partial charge in [-0.15, -0.1) is 0 Å². The van der Waals surface area contributed by atoms with Crippen LogP contribution < -0.4 is 5.32 Å². The number of aliphatic hydroxyl groups is 1. The topological polar surface area (TPSA) is 70.4 Å². The van der Waals surface area contributed by atoms with E-state index in [9.17, 15) is 9.90 Å². The van der Waals surface area contributed by atoms with Gasteiger partial charge in [-0.3, -0.25) is 4.68 Å². The average Bonchev–Trinajstić information content (AvgIpc) is 2.88. The van der Waals surface area contributed by atoms with Gasteiger partial charge in [0, 0.05) is 39.0 Å². The number of hydrogen-bond donors (Lipinski definition) is 2. The summed E-state index contributed by atoms with van der Waals surface area (Å²) in [6.45, 7) is 6.80. The summed E-state index contributed by atoms with van der Waals surface area (Å²) in [6, 6.07) is -0.110. The van der Waals surface area contributed by atoms with Crippen molar-refractivity contribution in [3.8, 4) is 0 Å². The van der Waals surface area contributed by atoms with Crippen LogP contribution in [0.15, 0.2) is 12.4 Å². The van der Waals surface area contributed by atoms with Gasteiger partial charge in [-0.2, -0.15) is 5.10 Å². The minimum atomic E-state index is -0.0897. The van der Waals surface area contributed by atoms with Crippen molar-refractivity contribution >= 4 is 6.03 Å². The SMILES string of the molecule is CC(c1cnn(C)c1)N(C)C(=O)NCCCC(C)(C)CO. The number of rotatable bonds is 7. The Balaban J connectivity index is 2.38. The lowest BCUT2D eigenvalue weighted by Gasteiger charge is -2.25. The van der Waals surface area contributed by atoms with Gasteiger partial charge in [-0.05, 0) is 25.2 Å². The van der Waals surface area contributed by atoms with Gasteiger partial charge >= 0.3 is 6.03 Å². The molecule has 0 spiro atoms. The van der Waals surface area contributed by atoms with E-state index in [1.165, 1.54) is 0 Å². The number of urea groups is 1. The predicted octanol–water partition coefficient (Wildman–Crippen LogP) is 1.92. The molecule has 2 amide bonds. The molecule has 1 rings (SSSR count). The maximum absolute atomic E-state index is 12.1. The predicted molar refractivity (Wildman–Crippen MR) is 82.9 cm³/mol. The van der Waals surface area contributed by atoms with E-state index in [2.05, 4.69) is 10.4 Å². The molecule has 0 bridgehead atoms. The molecule has 0 aromatic carbocycles. The molecule has 1 atom stereocenters. The van der Waals surface area contributed by atoms with Crippen LogP contribution in [0, 0.1) is 5.41 Å². The molecular weight excluding hydrogens is 268 g/mol. The Kier molecular flexibility index (Phi) is 6.20. The molecule has 0 saturated carbocycles. The molecule has 0 fully saturated rings. The van der Waals surface area contributed by atoms with E-state index in [-0.39, 0.29) is 24.1 Å². The molecule has 120 valence electrons. The van der Waals surface area contributed by atoms with E-state index in [0.29, 0.717) is 6.54 Å². The minimum Gasteiger partial charge on any atom is -0.396 e. The zero-order chi connectivity index (χ0) is 16.0. The summed E-state index contributed by atoms with van der Waals surface area (Å²) in [5, 5.41) is 16.2. The fraction of sp³-hybridized carbons (Fsp3) is 0.733. The van der Waals surface area contributed by atoms with E-state index in [4.69, 9.17) is 0 Å². The van der Waals surface area contributed by atoms with E-state index in [1.807, 2.05) is 34.0 Å². The number of aryl methyl sites for hydroxylation is 1. The summed E-state index contributed by atoms with van der Waals surface area (Å²) in [4.78, 5) is 13.8. The van der Waals surface area contributed by atoms with Crippen LogP contribution in [0.5, 0.6) is 0 Å². The normalized spacial score (nSPS) is 13.0. The van der Waals surface area contributed by atoms with Crippen LogP contribution in [0.25, 0.3) is 0 Å². The molecule has 0 aliphatic carbocycles. The summed E-state index contributed by atoms with van der Waals surface area (Å²) in [5.41, 5.74) is 0.927. The first-order chi connectivity index (χ1) is 9.76. The first-order valence-corrected chi connectivity index (χ1v) is 7.37. The number of carbonyl (C=O) groups is 1. The van der Waals surface area contributed by atoms with Crippen molar-refractivity contribution in [3.05, 3.63) is 18.0 Å². The highest BCUT2D eigenvalue weighted by Gasteiger charge is 2.19. The van der Waals surface area contributed by atoms with Gasteiger partial charge < -0.3 is 15.3 Å². The third kappa shape index (κ3) is 5.38. The van der Waals surface area contributed by atoms with E-state index < -0.39 is 0 Å². The Morgan fingerprint density at radius 1 is 1.57 bits per heavy atom. The molecular formula is C15H28N4O2. The second-order valence-corrected chi connectivity index (χ2v) is 6.39. The monoisotopic (exact) mass is 296 g/mol. The lowest BCUT2D eigenvalue weighted by molar-refractivity contribution is 0.147. The maximum Gasteiger partial charge on any atom is 0.317 e. The summed E-state index contributed by atoms with van der Waals surface area (Å²) in [7, 11) is 3.64. The fourth-order valence-electron chi connectivity index (χ4n) is 2.02. The lowest BCUT2D eigenvalue weighted by Crippen LogP contribution is -2.39. The first kappa shape index (κ1) is 17.5. The molecule has 0 aliphatic heterocycles. The third-order valence-corrected chi connectivity index (χ3v) is 3.84. The Morgan fingerprint density at radius 2 is 2.24 bits per heavy atom. The average molecular weight is 296 g/mol. The van der Waals surface area contributed by atoms with Crippen molar-refractivity contribution in [3.63, 3.8) is 0 Å². The van der Waals surface area contributed by atoms with Gasteiger partial charge in [0.05, 0.1) is 12.2 Å². The summed E-state index contributed by atoms with van der Waals surface area (Å²) in [5.74, 6) is 0. The van der Waals surface area contributed by atoms with Crippen LogP contribution in [-0.2, 0) is 7.05 Å². The van der Waals surface area contributed by atoms with Crippen molar-refractivity contribution in [2.75, 3.05) is 20.2 Å². The Hall–Kier alpha value is -1.56. The summed E-state index contributed by atoms with van der Waals surface area (Å²) >= 11 is 0. The number of aliphatic hydroxyl groups excluding tert-OH is 1. The molecule has 21 heavy (non-hydrogen) atoms. The molecule has 0 saturated heterocycles. The number of aromatic nitrogens is 2. The van der Waals surface area contributed by atoms with Crippen LogP contribution >= 0.6 is 0 Å². The number of carbonyl (C=O) groups excluding carboxylic acids is 1. The quantitative estimate of drug-likeness (QED) is 0.755. The molecule has 1 aromatic rings. The zero-order valence-electron chi connectivity index (χ0n) is 13.8. The Bertz CT molecular complexity index is 456. The number of amides is 2. The second-order valence-electron chi connectivity index (χ2n) is 6.39. The highest BCUT2D eigenvalue weighted by atomic mass is 16.3. The number of nitrogens with zero attached hydrogens (tertiary/aromatic N) is 3. The van der Waals surface area contributed by atoms with Crippen molar-refractivity contribution < 1.29 is 9.90 Å². The standard InChI is InChI=1S/C15H28N4O2/c1-12(13-9-17-18(4)10-13)19(5)14(21)16-8-6-7-15(2,3)11-20/h9-10,12,20H,6-8,11H2,1-5H3,(H,16,21). The molecule has 1 heterocycles. The van der Waals surface area contributed by atoms with E-state index in [0.717, 1.165) is 18.4 Å². The largest absolute Gasteiger partial charge is 0.396 e. The van der Waals surface area contributed by atoms with Crippen molar-refractivity contribution in [1.82, 2.24) is 20.0 Å². The molecule has 2 N–H and O–H groups in total. The third-order valence-electron chi connectivity index (χ3n) is 3.84. The van der Waals surface area contributed by atoms with Crippen molar-refractivity contribution in [1.29, 1.82) is 0 Å². The Morgan fingerprint density at radius 3 is 2.76 bits per heavy atom. The van der Waals surface area contributed by atoms with Gasteiger partial charge in [0.25, 0.3) is 0 Å². The van der Waals surface area contributed by atoms with E-state index >= 15 is 0 Å². The minimum absolute atomic E-state index is 0.0208. The van der Waals surface area contributed by atoms with Crippen molar-refractivity contribution in [2.45, 2.75) is 39.7 Å². The van der Waals surface area contributed by atoms with E-state index in [1.54, 1.807) is 22.8 Å². The van der Waals surface area contributed by atoms with Crippen LogP contribution in [0.3, 0.4) is 0 Å². The number of hydrogen-bond acceptors (Lipinski definition) is 3. The summed E-state index contributed by atoms with van der Waals surface area (Å²) in [6.07, 6.45) is 5.43. The van der Waals surface area contributed by atoms with Crippen LogP contribution in [0.1, 0.15) is 45.2 Å². The van der Waals surface area contributed by atoms with Crippen LogP contribution in [0.2, 0.25) is 0 Å². The highest BCUT2D eigenvalue weighted by Crippen LogP contribution is 2.21. The van der Waals surface area contributed by atoms with Crippen molar-refractivity contribution in [2.24, 2.45) is 12.5 Å². The van der Waals surface area contributed by atoms with Gasteiger partial charge in [0.2, 0.25) is 0 Å². The van der Waals surface area contributed by atoms with Gasteiger partial charge in [-0.25, -0.2) is 4.79 Å². The van der Waals surface area contributed by atoms with Crippen LogP contribution in [0.4, 0.5) is 4.79 Å². The van der Waals surface area contributed by atoms with Gasteiger partial charge in [-0.1, -0.05) is 13.8 Å². The Labute approximate surface area is 127 Å². The molecule has 1 aromatic heterocycles. The molecule has 0 aliphatic rings. The molecule has 6 heteroatoms. The number of nitrogens with one attached hydrogen (secondary N) is 1. The van der Waals surface area contributed by atoms with Gasteiger partial charge in [0.1, 0.15) is 0 Å². The second kappa shape index (κ2) is 7.45. The maximum atomic E-state index is 12.1. The van der Waals surface area contributed by atoms with Crippen LogP contribution in [-0.4, -0.2) is 46.0 Å². The lowest BCUT2D eigenvalue weighted by atomic mass is 9.89. The molecule has 6 nitrogen and oxygen atoms in total. The highest BCUT2D eigenvalue weighted by molar-refractivity contribution is 5.74. The first-order valence-electron chi connectivity index (χ1n) is 7.37. The molecule has 0 radical (unpaired) electrons. The zero-order valence-corrected chi connectivity index (χ0v) is 13.8. The molecule has 1 unspecified atom stereocenters. The fourth-order valence-corrected chi connectivity index (χ4v) is 2.02. The summed E-state index contributed by atoms with van der Waals surface area (Å²) < 4.78 is 1.73.